The maximum atomic E-state index is 5.65. The predicted octanol–water partition coefficient (Wildman–Crippen LogP) is 6.91. The van der Waals surface area contributed by atoms with Gasteiger partial charge < -0.3 is 9.47 Å². The van der Waals surface area contributed by atoms with Crippen molar-refractivity contribution in [2.45, 2.75) is 59.8 Å². The monoisotopic (exact) mass is 438 g/mol. The van der Waals surface area contributed by atoms with Crippen molar-refractivity contribution >= 4 is 11.3 Å². The van der Waals surface area contributed by atoms with Crippen LogP contribution in [0, 0.1) is 32.6 Å². The molecule has 5 rings (SSSR count). The van der Waals surface area contributed by atoms with Crippen molar-refractivity contribution in [1.82, 2.24) is 9.55 Å². The molecule has 2 saturated carbocycles. The lowest BCUT2D eigenvalue weighted by Gasteiger charge is -2.14. The molecule has 166 valence electrons. The molecule has 1 aromatic carbocycles. The number of fused-ring (bicyclic) bond motifs is 1. The molecule has 2 aliphatic rings. The minimum Gasteiger partial charge on any atom is -0.496 e. The molecule has 0 amide bonds. The van der Waals surface area contributed by atoms with Crippen molar-refractivity contribution in [2.24, 2.45) is 11.8 Å². The number of rotatable bonds is 5. The fourth-order valence-electron chi connectivity index (χ4n) is 4.78. The van der Waals surface area contributed by atoms with Gasteiger partial charge in [-0.3, -0.25) is 4.57 Å². The Hall–Kier alpha value is -2.27. The molecular weight excluding hydrogens is 404 g/mol. The summed E-state index contributed by atoms with van der Waals surface area (Å²) in [5.41, 5.74) is 5.34. The highest BCUT2D eigenvalue weighted by Gasteiger charge is 2.40. The maximum absolute atomic E-state index is 5.65. The second-order valence-corrected chi connectivity index (χ2v) is 9.87. The first kappa shape index (κ1) is 21.9. The van der Waals surface area contributed by atoms with Gasteiger partial charge in [0.05, 0.1) is 25.5 Å². The molecule has 0 aliphatic heterocycles. The highest BCUT2D eigenvalue weighted by Crippen LogP contribution is 2.51. The smallest absolute Gasteiger partial charge is 0.194 e. The Balaban J connectivity index is 0.000000325. The van der Waals surface area contributed by atoms with Crippen LogP contribution in [-0.4, -0.2) is 23.8 Å². The predicted molar refractivity (Wildman–Crippen MR) is 129 cm³/mol. The highest BCUT2D eigenvalue weighted by atomic mass is 32.1. The molecule has 0 N–H and O–H groups in total. The van der Waals surface area contributed by atoms with Gasteiger partial charge in [-0.05, 0) is 75.3 Å². The number of hydrogen-bond donors (Lipinski definition) is 0. The molecule has 3 aromatic rings. The normalized spacial score (nSPS) is 18.9. The standard InChI is InChI=1S/C20H24N2O2S.C6H10/c1-7-17-19(18-15(23-5)10-12(2)11-16(18)24-6)21-20(25-17)22-13(3)8-9-14(22)4;1-2-5-4-6(5)3-1/h8-11H,7H2,1-6H3;5-6H,1-4H2. The zero-order valence-electron chi connectivity index (χ0n) is 19.6. The first-order valence-electron chi connectivity index (χ1n) is 11.3. The summed E-state index contributed by atoms with van der Waals surface area (Å²) in [4.78, 5) is 6.21. The van der Waals surface area contributed by atoms with E-state index in [1.165, 1.54) is 34.5 Å². The van der Waals surface area contributed by atoms with Crippen molar-refractivity contribution in [3.63, 3.8) is 0 Å². The molecule has 2 heterocycles. The summed E-state index contributed by atoms with van der Waals surface area (Å²) in [6.45, 7) is 8.40. The van der Waals surface area contributed by atoms with Gasteiger partial charge in [0.1, 0.15) is 11.5 Å². The summed E-state index contributed by atoms with van der Waals surface area (Å²) < 4.78 is 13.5. The van der Waals surface area contributed by atoms with Crippen molar-refractivity contribution in [1.29, 1.82) is 0 Å². The average molecular weight is 439 g/mol. The van der Waals surface area contributed by atoms with Crippen LogP contribution in [0.1, 0.15) is 54.4 Å². The molecule has 0 radical (unpaired) electrons. The minimum absolute atomic E-state index is 0.796. The van der Waals surface area contributed by atoms with Crippen LogP contribution in [0.2, 0.25) is 0 Å². The van der Waals surface area contributed by atoms with Gasteiger partial charge in [-0.2, -0.15) is 0 Å². The van der Waals surface area contributed by atoms with Gasteiger partial charge in [0, 0.05) is 16.3 Å². The van der Waals surface area contributed by atoms with Gasteiger partial charge in [0.15, 0.2) is 5.13 Å². The molecule has 0 bridgehead atoms. The number of nitrogens with zero attached hydrogens (tertiary/aromatic N) is 2. The molecule has 2 atom stereocenters. The van der Waals surface area contributed by atoms with Gasteiger partial charge in [-0.1, -0.05) is 26.2 Å². The Labute approximate surface area is 190 Å². The molecule has 5 heteroatoms. The number of hydrogen-bond acceptors (Lipinski definition) is 4. The van der Waals surface area contributed by atoms with Crippen molar-refractivity contribution in [3.8, 4) is 27.9 Å². The average Bonchev–Trinajstić information content (AvgIpc) is 3.08. The molecule has 0 spiro atoms. The van der Waals surface area contributed by atoms with Crippen LogP contribution < -0.4 is 9.47 Å². The lowest BCUT2D eigenvalue weighted by molar-refractivity contribution is 0.396. The number of benzene rings is 1. The third-order valence-electron chi connectivity index (χ3n) is 6.58. The van der Waals surface area contributed by atoms with Gasteiger partial charge >= 0.3 is 0 Å². The molecule has 4 nitrogen and oxygen atoms in total. The highest BCUT2D eigenvalue weighted by molar-refractivity contribution is 7.14. The molecule has 2 aromatic heterocycles. The molecule has 2 aliphatic carbocycles. The summed E-state index contributed by atoms with van der Waals surface area (Å²) in [7, 11) is 3.38. The number of methoxy groups -OCH3 is 2. The number of ether oxygens (including phenoxy) is 2. The second-order valence-electron chi connectivity index (χ2n) is 8.80. The van der Waals surface area contributed by atoms with E-state index < -0.39 is 0 Å². The summed E-state index contributed by atoms with van der Waals surface area (Å²) >= 11 is 1.72. The minimum atomic E-state index is 0.796. The number of aryl methyl sites for hydroxylation is 4. The van der Waals surface area contributed by atoms with E-state index in [0.29, 0.717) is 0 Å². The van der Waals surface area contributed by atoms with E-state index in [1.807, 2.05) is 19.1 Å². The van der Waals surface area contributed by atoms with Crippen molar-refractivity contribution in [3.05, 3.63) is 46.1 Å². The SMILES string of the molecule is C1CC2CC2C1.CCc1sc(-n2c(C)ccc2C)nc1-c1c(OC)cc(C)cc1OC. The zero-order valence-corrected chi connectivity index (χ0v) is 20.4. The van der Waals surface area contributed by atoms with E-state index in [2.05, 4.69) is 37.5 Å². The van der Waals surface area contributed by atoms with Crippen LogP contribution in [0.5, 0.6) is 11.5 Å². The molecule has 2 unspecified atom stereocenters. The first-order valence-corrected chi connectivity index (χ1v) is 12.2. The van der Waals surface area contributed by atoms with E-state index in [4.69, 9.17) is 14.5 Å². The van der Waals surface area contributed by atoms with Crippen LogP contribution in [0.4, 0.5) is 0 Å². The van der Waals surface area contributed by atoms with Gasteiger partial charge in [-0.15, -0.1) is 11.3 Å². The second kappa shape index (κ2) is 9.07. The molecule has 2 fully saturated rings. The largest absolute Gasteiger partial charge is 0.496 e. The van der Waals surface area contributed by atoms with Crippen molar-refractivity contribution < 1.29 is 9.47 Å². The van der Waals surface area contributed by atoms with Gasteiger partial charge in [0.25, 0.3) is 0 Å². The number of aromatic nitrogens is 2. The quantitative estimate of drug-likeness (QED) is 0.434. The lowest BCUT2D eigenvalue weighted by atomic mass is 10.0. The van der Waals surface area contributed by atoms with Crippen molar-refractivity contribution in [2.75, 3.05) is 14.2 Å². The maximum Gasteiger partial charge on any atom is 0.194 e. The number of thiazole rings is 1. The fraction of sp³-hybridized carbons (Fsp3) is 0.500. The Morgan fingerprint density at radius 3 is 2.00 bits per heavy atom. The summed E-state index contributed by atoms with van der Waals surface area (Å²) in [5, 5.41) is 0.983. The summed E-state index contributed by atoms with van der Waals surface area (Å²) in [5.74, 6) is 4.02. The topological polar surface area (TPSA) is 36.3 Å². The Morgan fingerprint density at radius 1 is 1.00 bits per heavy atom. The van der Waals surface area contributed by atoms with E-state index in [1.54, 1.807) is 44.8 Å². The van der Waals surface area contributed by atoms with E-state index >= 15 is 0 Å². The van der Waals surface area contributed by atoms with Crippen LogP contribution in [0.15, 0.2) is 24.3 Å². The molecule has 31 heavy (non-hydrogen) atoms. The summed E-state index contributed by atoms with van der Waals surface area (Å²) in [6.07, 6.45) is 7.15. The van der Waals surface area contributed by atoms with E-state index in [9.17, 15) is 0 Å². The third-order valence-corrected chi connectivity index (χ3v) is 7.76. The Morgan fingerprint density at radius 2 is 1.58 bits per heavy atom. The fourth-order valence-corrected chi connectivity index (χ4v) is 5.90. The van der Waals surface area contributed by atoms with E-state index in [-0.39, 0.29) is 0 Å². The third kappa shape index (κ3) is 4.38. The van der Waals surface area contributed by atoms with Gasteiger partial charge in [-0.25, -0.2) is 4.98 Å². The lowest BCUT2D eigenvalue weighted by Crippen LogP contribution is -1.99. The Bertz CT molecular complexity index is 1010. The van der Waals surface area contributed by atoms with Crippen LogP contribution in [0.3, 0.4) is 0 Å². The van der Waals surface area contributed by atoms with Gasteiger partial charge in [0.2, 0.25) is 0 Å². The zero-order chi connectivity index (χ0) is 22.1. The first-order chi connectivity index (χ1) is 15.0. The van der Waals surface area contributed by atoms with Crippen LogP contribution >= 0.6 is 11.3 Å². The summed E-state index contributed by atoms with van der Waals surface area (Å²) in [6, 6.07) is 8.30. The van der Waals surface area contributed by atoms with Crippen LogP contribution in [-0.2, 0) is 6.42 Å². The van der Waals surface area contributed by atoms with E-state index in [0.717, 1.165) is 39.9 Å². The van der Waals surface area contributed by atoms with Crippen LogP contribution in [0.25, 0.3) is 16.4 Å². The molecular formula is C26H34N2O2S. The Kier molecular flexibility index (Phi) is 6.42. The molecule has 0 saturated heterocycles.